The SMILES string of the molecule is C[C@]1(c2ccc(F)cc2F)NC(=O)N(CC(=O)NCc2ccco2)C1=O. The summed E-state index contributed by atoms with van der Waals surface area (Å²) in [6.45, 7) is 0.855. The van der Waals surface area contributed by atoms with E-state index in [1.165, 1.54) is 13.2 Å². The second-order valence-corrected chi connectivity index (χ2v) is 5.93. The van der Waals surface area contributed by atoms with Crippen LogP contribution in [0.15, 0.2) is 41.0 Å². The average molecular weight is 363 g/mol. The molecule has 9 heteroatoms. The molecule has 0 aliphatic carbocycles. The van der Waals surface area contributed by atoms with Crippen molar-refractivity contribution in [2.75, 3.05) is 6.54 Å². The lowest BCUT2D eigenvalue weighted by atomic mass is 9.91. The molecule has 1 aliphatic heterocycles. The van der Waals surface area contributed by atoms with Crippen LogP contribution in [0.1, 0.15) is 18.2 Å². The number of amides is 4. The molecule has 1 aromatic heterocycles. The van der Waals surface area contributed by atoms with Gasteiger partial charge in [0, 0.05) is 11.6 Å². The Bertz CT molecular complexity index is 869. The fraction of sp³-hybridized carbons (Fsp3) is 0.235. The minimum absolute atomic E-state index is 0.0966. The summed E-state index contributed by atoms with van der Waals surface area (Å²) in [5.41, 5.74) is -1.91. The normalized spacial score (nSPS) is 19.6. The first kappa shape index (κ1) is 17.6. The van der Waals surface area contributed by atoms with E-state index in [9.17, 15) is 23.2 Å². The van der Waals surface area contributed by atoms with Gasteiger partial charge in [-0.25, -0.2) is 13.6 Å². The van der Waals surface area contributed by atoms with Gasteiger partial charge in [-0.1, -0.05) is 6.07 Å². The molecule has 7 nitrogen and oxygen atoms in total. The van der Waals surface area contributed by atoms with Gasteiger partial charge in [-0.05, 0) is 25.1 Å². The van der Waals surface area contributed by atoms with Crippen molar-refractivity contribution >= 4 is 17.8 Å². The molecule has 0 spiro atoms. The highest BCUT2D eigenvalue weighted by atomic mass is 19.1. The summed E-state index contributed by atoms with van der Waals surface area (Å²) in [6, 6.07) is 5.17. The number of halogens is 2. The number of nitrogens with zero attached hydrogens (tertiary/aromatic N) is 1. The van der Waals surface area contributed by atoms with E-state index in [0.29, 0.717) is 16.7 Å². The third-order valence-electron chi connectivity index (χ3n) is 4.09. The molecule has 1 fully saturated rings. The molecule has 3 rings (SSSR count). The summed E-state index contributed by atoms with van der Waals surface area (Å²) in [5.74, 6) is -2.66. The number of urea groups is 1. The molecule has 0 radical (unpaired) electrons. The van der Waals surface area contributed by atoms with Crippen molar-refractivity contribution < 1.29 is 27.6 Å². The first-order valence-corrected chi connectivity index (χ1v) is 7.70. The minimum atomic E-state index is -1.73. The lowest BCUT2D eigenvalue weighted by Crippen LogP contribution is -2.43. The number of carbonyl (C=O) groups excluding carboxylic acids is 3. The maximum atomic E-state index is 14.1. The van der Waals surface area contributed by atoms with Gasteiger partial charge in [0.25, 0.3) is 5.91 Å². The minimum Gasteiger partial charge on any atom is -0.467 e. The summed E-state index contributed by atoms with van der Waals surface area (Å²) in [5, 5.41) is 4.87. The van der Waals surface area contributed by atoms with Crippen molar-refractivity contribution in [1.29, 1.82) is 0 Å². The van der Waals surface area contributed by atoms with Crippen molar-refractivity contribution in [3.05, 3.63) is 59.6 Å². The first-order valence-electron chi connectivity index (χ1n) is 7.70. The lowest BCUT2D eigenvalue weighted by molar-refractivity contribution is -0.135. The van der Waals surface area contributed by atoms with Crippen LogP contribution in [0.25, 0.3) is 0 Å². The van der Waals surface area contributed by atoms with E-state index in [0.717, 1.165) is 12.1 Å². The topological polar surface area (TPSA) is 91.7 Å². The van der Waals surface area contributed by atoms with Crippen LogP contribution in [0, 0.1) is 11.6 Å². The van der Waals surface area contributed by atoms with E-state index >= 15 is 0 Å². The second kappa shape index (κ2) is 6.58. The number of benzene rings is 1. The molecule has 2 aromatic rings. The Morgan fingerprint density at radius 3 is 2.73 bits per heavy atom. The number of nitrogens with one attached hydrogen (secondary N) is 2. The van der Waals surface area contributed by atoms with E-state index in [1.54, 1.807) is 12.1 Å². The van der Waals surface area contributed by atoms with E-state index in [4.69, 9.17) is 4.42 Å². The monoisotopic (exact) mass is 363 g/mol. The van der Waals surface area contributed by atoms with E-state index in [-0.39, 0.29) is 12.1 Å². The first-order chi connectivity index (χ1) is 12.3. The number of hydrogen-bond donors (Lipinski definition) is 2. The van der Waals surface area contributed by atoms with Crippen molar-refractivity contribution in [3.63, 3.8) is 0 Å². The van der Waals surface area contributed by atoms with Crippen molar-refractivity contribution in [2.45, 2.75) is 19.0 Å². The Morgan fingerprint density at radius 1 is 1.31 bits per heavy atom. The van der Waals surface area contributed by atoms with E-state index in [1.807, 2.05) is 0 Å². The molecule has 26 heavy (non-hydrogen) atoms. The van der Waals surface area contributed by atoms with Gasteiger partial charge < -0.3 is 15.1 Å². The van der Waals surface area contributed by atoms with E-state index < -0.39 is 41.6 Å². The highest BCUT2D eigenvalue weighted by Gasteiger charge is 2.50. The Kier molecular flexibility index (Phi) is 4.45. The van der Waals surface area contributed by atoms with Crippen LogP contribution in [0.2, 0.25) is 0 Å². The maximum absolute atomic E-state index is 14.1. The summed E-state index contributed by atoms with van der Waals surface area (Å²) >= 11 is 0. The number of furan rings is 1. The molecule has 1 aromatic carbocycles. The zero-order chi connectivity index (χ0) is 18.9. The van der Waals surface area contributed by atoms with Crippen LogP contribution < -0.4 is 10.6 Å². The number of imide groups is 1. The van der Waals surface area contributed by atoms with Crippen LogP contribution >= 0.6 is 0 Å². The van der Waals surface area contributed by atoms with Gasteiger partial charge in [-0.3, -0.25) is 14.5 Å². The van der Waals surface area contributed by atoms with Crippen LogP contribution in [-0.2, 0) is 21.7 Å². The molecular formula is C17H15F2N3O4. The fourth-order valence-corrected chi connectivity index (χ4v) is 2.72. The zero-order valence-corrected chi connectivity index (χ0v) is 13.7. The molecule has 2 N–H and O–H groups in total. The van der Waals surface area contributed by atoms with Crippen molar-refractivity contribution in [3.8, 4) is 0 Å². The predicted molar refractivity (Wildman–Crippen MR) is 84.5 cm³/mol. The zero-order valence-electron chi connectivity index (χ0n) is 13.7. The lowest BCUT2D eigenvalue weighted by Gasteiger charge is -2.22. The molecule has 2 heterocycles. The average Bonchev–Trinajstić information content (AvgIpc) is 3.16. The maximum Gasteiger partial charge on any atom is 0.325 e. The Labute approximate surface area is 147 Å². The van der Waals surface area contributed by atoms with Crippen LogP contribution in [0.4, 0.5) is 13.6 Å². The summed E-state index contributed by atoms with van der Waals surface area (Å²) < 4.78 is 32.2. The second-order valence-electron chi connectivity index (χ2n) is 5.93. The quantitative estimate of drug-likeness (QED) is 0.790. The predicted octanol–water partition coefficient (Wildman–Crippen LogP) is 1.64. The molecule has 4 amide bonds. The third kappa shape index (κ3) is 3.15. The summed E-state index contributed by atoms with van der Waals surface area (Å²) in [4.78, 5) is 37.4. The Hall–Kier alpha value is -3.23. The van der Waals surface area contributed by atoms with Gasteiger partial charge in [0.2, 0.25) is 5.91 Å². The number of hydrogen-bond acceptors (Lipinski definition) is 4. The van der Waals surface area contributed by atoms with Gasteiger partial charge in [0.05, 0.1) is 12.8 Å². The Morgan fingerprint density at radius 2 is 2.08 bits per heavy atom. The standard InChI is InChI=1S/C17H15F2N3O4/c1-17(12-5-4-10(18)7-13(12)19)15(24)22(16(25)21-17)9-14(23)20-8-11-3-2-6-26-11/h2-7H,8-9H2,1H3,(H,20,23)(H,21,25)/t17-/m1/s1. The molecule has 1 aliphatic rings. The highest BCUT2D eigenvalue weighted by molar-refractivity contribution is 6.09. The van der Waals surface area contributed by atoms with Crippen molar-refractivity contribution in [1.82, 2.24) is 15.5 Å². The fourth-order valence-electron chi connectivity index (χ4n) is 2.72. The van der Waals surface area contributed by atoms with Gasteiger partial charge in [0.15, 0.2) is 0 Å². The number of carbonyl (C=O) groups is 3. The highest BCUT2D eigenvalue weighted by Crippen LogP contribution is 2.30. The Balaban J connectivity index is 1.72. The van der Waals surface area contributed by atoms with Crippen LogP contribution in [0.3, 0.4) is 0 Å². The van der Waals surface area contributed by atoms with Crippen LogP contribution in [-0.4, -0.2) is 29.3 Å². The molecular weight excluding hydrogens is 348 g/mol. The van der Waals surface area contributed by atoms with Crippen molar-refractivity contribution in [2.24, 2.45) is 0 Å². The number of rotatable bonds is 5. The van der Waals surface area contributed by atoms with Gasteiger partial charge in [-0.2, -0.15) is 0 Å². The molecule has 1 saturated heterocycles. The van der Waals surface area contributed by atoms with Gasteiger partial charge in [-0.15, -0.1) is 0 Å². The van der Waals surface area contributed by atoms with Gasteiger partial charge >= 0.3 is 6.03 Å². The molecule has 136 valence electrons. The molecule has 0 bridgehead atoms. The van der Waals surface area contributed by atoms with Gasteiger partial charge in [0.1, 0.15) is 29.5 Å². The van der Waals surface area contributed by atoms with Crippen LogP contribution in [0.5, 0.6) is 0 Å². The summed E-state index contributed by atoms with van der Waals surface area (Å²) in [6.07, 6.45) is 1.45. The molecule has 0 unspecified atom stereocenters. The van der Waals surface area contributed by atoms with E-state index in [2.05, 4.69) is 10.6 Å². The largest absolute Gasteiger partial charge is 0.467 e. The smallest absolute Gasteiger partial charge is 0.325 e. The summed E-state index contributed by atoms with van der Waals surface area (Å²) in [7, 11) is 0. The molecule has 1 atom stereocenters. The molecule has 0 saturated carbocycles. The third-order valence-corrected chi connectivity index (χ3v) is 4.09.